The summed E-state index contributed by atoms with van der Waals surface area (Å²) in [6.07, 6.45) is 5.93. The van der Waals surface area contributed by atoms with Gasteiger partial charge in [-0.15, -0.1) is 0 Å². The maximum Gasteiger partial charge on any atom is 0.237 e. The van der Waals surface area contributed by atoms with E-state index in [-0.39, 0.29) is 11.9 Å². The molecule has 2 aliphatic rings. The number of carbonyl (C=O) groups is 1. The zero-order chi connectivity index (χ0) is 19.5. The maximum absolute atomic E-state index is 12.9. The molecular formula is C22H33N5O. The van der Waals surface area contributed by atoms with Gasteiger partial charge in [0.05, 0.1) is 17.1 Å². The van der Waals surface area contributed by atoms with E-state index in [1.807, 2.05) is 18.2 Å². The van der Waals surface area contributed by atoms with Gasteiger partial charge in [-0.2, -0.15) is 0 Å². The van der Waals surface area contributed by atoms with E-state index in [2.05, 4.69) is 40.0 Å². The monoisotopic (exact) mass is 383 g/mol. The first-order chi connectivity index (χ1) is 13.6. The van der Waals surface area contributed by atoms with Crippen LogP contribution in [0.2, 0.25) is 0 Å². The summed E-state index contributed by atoms with van der Waals surface area (Å²) in [5.74, 6) is 1.73. The van der Waals surface area contributed by atoms with Gasteiger partial charge >= 0.3 is 0 Å². The lowest BCUT2D eigenvalue weighted by molar-refractivity contribution is -0.127. The molecule has 3 atom stereocenters. The lowest BCUT2D eigenvalue weighted by atomic mass is 9.86. The summed E-state index contributed by atoms with van der Waals surface area (Å²) in [5, 5.41) is 3.33. The van der Waals surface area contributed by atoms with Gasteiger partial charge < -0.3 is 15.2 Å². The number of hydrogen-bond donors (Lipinski definition) is 2. The van der Waals surface area contributed by atoms with E-state index in [0.717, 1.165) is 56.0 Å². The average molecular weight is 384 g/mol. The second-order valence-electron chi connectivity index (χ2n) is 8.51. The molecule has 4 rings (SSSR count). The summed E-state index contributed by atoms with van der Waals surface area (Å²) in [5.41, 5.74) is 2.08. The molecule has 1 saturated heterocycles. The van der Waals surface area contributed by atoms with Gasteiger partial charge in [-0.05, 0) is 44.2 Å². The highest BCUT2D eigenvalue weighted by Crippen LogP contribution is 2.24. The van der Waals surface area contributed by atoms with Crippen molar-refractivity contribution in [1.82, 2.24) is 20.2 Å². The van der Waals surface area contributed by atoms with Crippen LogP contribution < -0.4 is 10.2 Å². The van der Waals surface area contributed by atoms with Crippen LogP contribution in [0.1, 0.15) is 46.0 Å². The first-order valence-electron chi connectivity index (χ1n) is 10.9. The lowest BCUT2D eigenvalue weighted by Crippen LogP contribution is -2.51. The lowest BCUT2D eigenvalue weighted by Gasteiger charge is -2.33. The van der Waals surface area contributed by atoms with Crippen molar-refractivity contribution in [2.24, 2.45) is 5.92 Å². The minimum Gasteiger partial charge on any atom is -0.352 e. The Kier molecular flexibility index (Phi) is 5.85. The highest BCUT2D eigenvalue weighted by Gasteiger charge is 2.28. The van der Waals surface area contributed by atoms with Crippen molar-refractivity contribution < 1.29 is 4.79 Å². The molecule has 28 heavy (non-hydrogen) atoms. The number of aromatic nitrogens is 2. The standard InChI is InChI=1S/C22H33N5O/c1-16-8-3-4-9-18(16)23-21(28)17(2)26-12-7-13-27(15-14-26)22-24-19-10-5-6-11-20(19)25-22/h5-6,10-11,16-18H,3-4,7-9,12-15H2,1-2H3,(H,23,28)(H,24,25). The van der Waals surface area contributed by atoms with Crippen LogP contribution in [0.25, 0.3) is 11.0 Å². The molecule has 6 nitrogen and oxygen atoms in total. The fourth-order valence-corrected chi connectivity index (χ4v) is 4.63. The second-order valence-corrected chi connectivity index (χ2v) is 8.51. The average Bonchev–Trinajstić information content (AvgIpc) is 2.98. The summed E-state index contributed by atoms with van der Waals surface area (Å²) >= 11 is 0. The van der Waals surface area contributed by atoms with Crippen molar-refractivity contribution in [3.05, 3.63) is 24.3 Å². The number of benzene rings is 1. The summed E-state index contributed by atoms with van der Waals surface area (Å²) in [6, 6.07) is 8.42. The summed E-state index contributed by atoms with van der Waals surface area (Å²) < 4.78 is 0. The van der Waals surface area contributed by atoms with Crippen LogP contribution in [0.3, 0.4) is 0 Å². The first kappa shape index (κ1) is 19.2. The van der Waals surface area contributed by atoms with E-state index >= 15 is 0 Å². The number of amides is 1. The minimum atomic E-state index is -0.0789. The van der Waals surface area contributed by atoms with Gasteiger partial charge in [-0.1, -0.05) is 31.9 Å². The smallest absolute Gasteiger partial charge is 0.237 e. The Hall–Kier alpha value is -2.08. The molecule has 1 aromatic carbocycles. The predicted octanol–water partition coefficient (Wildman–Crippen LogP) is 3.16. The number of imidazole rings is 1. The number of nitrogens with one attached hydrogen (secondary N) is 2. The molecule has 2 N–H and O–H groups in total. The number of fused-ring (bicyclic) bond motifs is 1. The summed E-state index contributed by atoms with van der Waals surface area (Å²) in [6.45, 7) is 8.00. The van der Waals surface area contributed by atoms with Gasteiger partial charge in [0.25, 0.3) is 0 Å². The number of anilines is 1. The molecule has 0 bridgehead atoms. The van der Waals surface area contributed by atoms with Crippen molar-refractivity contribution in [2.75, 3.05) is 31.1 Å². The van der Waals surface area contributed by atoms with Crippen molar-refractivity contribution in [3.8, 4) is 0 Å². The third kappa shape index (κ3) is 4.17. The van der Waals surface area contributed by atoms with E-state index in [1.54, 1.807) is 0 Å². The number of H-pyrrole nitrogens is 1. The second kappa shape index (κ2) is 8.52. The van der Waals surface area contributed by atoms with Gasteiger partial charge in [0.2, 0.25) is 11.9 Å². The Labute approximate surface area is 167 Å². The normalized spacial score (nSPS) is 25.4. The first-order valence-corrected chi connectivity index (χ1v) is 10.9. The Morgan fingerprint density at radius 3 is 2.79 bits per heavy atom. The van der Waals surface area contributed by atoms with Crippen LogP contribution in [0.5, 0.6) is 0 Å². The van der Waals surface area contributed by atoms with E-state index in [9.17, 15) is 4.79 Å². The number of carbonyl (C=O) groups excluding carboxylic acids is 1. The number of hydrogen-bond acceptors (Lipinski definition) is 4. The molecule has 2 heterocycles. The topological polar surface area (TPSA) is 64.3 Å². The molecule has 0 spiro atoms. The molecule has 3 unspecified atom stereocenters. The molecule has 1 saturated carbocycles. The Bertz CT molecular complexity index is 770. The number of aromatic amines is 1. The van der Waals surface area contributed by atoms with E-state index in [0.29, 0.717) is 12.0 Å². The van der Waals surface area contributed by atoms with Crippen LogP contribution >= 0.6 is 0 Å². The van der Waals surface area contributed by atoms with Crippen LogP contribution in [0, 0.1) is 5.92 Å². The van der Waals surface area contributed by atoms with Crippen LogP contribution in [-0.4, -0.2) is 59.0 Å². The van der Waals surface area contributed by atoms with Crippen molar-refractivity contribution in [3.63, 3.8) is 0 Å². The van der Waals surface area contributed by atoms with Crippen molar-refractivity contribution in [2.45, 2.75) is 58.0 Å². The molecule has 2 fully saturated rings. The summed E-state index contributed by atoms with van der Waals surface area (Å²) in [4.78, 5) is 25.7. The van der Waals surface area contributed by atoms with Gasteiger partial charge in [-0.25, -0.2) is 4.98 Å². The molecule has 1 aliphatic carbocycles. The molecule has 1 amide bonds. The van der Waals surface area contributed by atoms with Gasteiger partial charge in [0, 0.05) is 32.2 Å². The highest BCUT2D eigenvalue weighted by molar-refractivity contribution is 5.81. The molecule has 6 heteroatoms. The van der Waals surface area contributed by atoms with Crippen LogP contribution in [0.4, 0.5) is 5.95 Å². The Balaban J connectivity index is 1.35. The SMILES string of the molecule is CC1CCCCC1NC(=O)C(C)N1CCCN(c2nc3ccccc3[nH]2)CC1. The van der Waals surface area contributed by atoms with Gasteiger partial charge in [0.15, 0.2) is 0 Å². The van der Waals surface area contributed by atoms with E-state index < -0.39 is 0 Å². The number of para-hydroxylation sites is 2. The van der Waals surface area contributed by atoms with E-state index in [4.69, 9.17) is 4.98 Å². The number of rotatable bonds is 4. The largest absolute Gasteiger partial charge is 0.352 e. The molecular weight excluding hydrogens is 350 g/mol. The fraction of sp³-hybridized carbons (Fsp3) is 0.636. The van der Waals surface area contributed by atoms with Crippen molar-refractivity contribution >= 4 is 22.9 Å². The van der Waals surface area contributed by atoms with Crippen molar-refractivity contribution in [1.29, 1.82) is 0 Å². The Morgan fingerprint density at radius 2 is 1.96 bits per heavy atom. The minimum absolute atomic E-state index is 0.0789. The van der Waals surface area contributed by atoms with E-state index in [1.165, 1.54) is 19.3 Å². The molecule has 0 radical (unpaired) electrons. The fourth-order valence-electron chi connectivity index (χ4n) is 4.63. The zero-order valence-corrected chi connectivity index (χ0v) is 17.2. The summed E-state index contributed by atoms with van der Waals surface area (Å²) in [7, 11) is 0. The number of nitrogens with zero attached hydrogens (tertiary/aromatic N) is 3. The zero-order valence-electron chi connectivity index (χ0n) is 17.2. The van der Waals surface area contributed by atoms with Crippen LogP contribution in [-0.2, 0) is 4.79 Å². The maximum atomic E-state index is 12.9. The Morgan fingerprint density at radius 1 is 1.14 bits per heavy atom. The molecule has 2 aromatic rings. The molecule has 1 aromatic heterocycles. The van der Waals surface area contributed by atoms with Gasteiger partial charge in [-0.3, -0.25) is 9.69 Å². The highest BCUT2D eigenvalue weighted by atomic mass is 16.2. The molecule has 152 valence electrons. The molecule has 1 aliphatic heterocycles. The third-order valence-corrected chi connectivity index (χ3v) is 6.57. The quantitative estimate of drug-likeness (QED) is 0.851. The van der Waals surface area contributed by atoms with Gasteiger partial charge in [0.1, 0.15) is 0 Å². The third-order valence-electron chi connectivity index (χ3n) is 6.57. The van der Waals surface area contributed by atoms with Crippen LogP contribution in [0.15, 0.2) is 24.3 Å². The predicted molar refractivity (Wildman–Crippen MR) is 114 cm³/mol.